The van der Waals surface area contributed by atoms with Gasteiger partial charge in [-0.1, -0.05) is 19.4 Å². The van der Waals surface area contributed by atoms with Gasteiger partial charge in [-0.2, -0.15) is 0 Å². The molecule has 0 aromatic rings. The monoisotopic (exact) mass is 192 g/mol. The third kappa shape index (κ3) is 1.25. The van der Waals surface area contributed by atoms with E-state index in [1.807, 2.05) is 0 Å². The van der Waals surface area contributed by atoms with Crippen LogP contribution in [0.4, 0.5) is 0 Å². The molecule has 0 bridgehead atoms. The Morgan fingerprint density at radius 3 is 2.71 bits per heavy atom. The Labute approximate surface area is 86.5 Å². The van der Waals surface area contributed by atoms with Crippen molar-refractivity contribution in [1.82, 2.24) is 0 Å². The van der Waals surface area contributed by atoms with Crippen molar-refractivity contribution in [3.8, 4) is 0 Å². The quantitative estimate of drug-likeness (QED) is 0.535. The summed E-state index contributed by atoms with van der Waals surface area (Å²) in [4.78, 5) is 0. The lowest BCUT2D eigenvalue weighted by Gasteiger charge is -2.30. The number of hydrogen-bond acceptors (Lipinski definition) is 1. The summed E-state index contributed by atoms with van der Waals surface area (Å²) >= 11 is 0. The average Bonchev–Trinajstić information content (AvgIpc) is 2.59. The fourth-order valence-corrected chi connectivity index (χ4v) is 3.77. The molecule has 3 aliphatic rings. The van der Waals surface area contributed by atoms with E-state index in [2.05, 4.69) is 6.58 Å². The van der Waals surface area contributed by atoms with Crippen molar-refractivity contribution in [2.45, 2.75) is 57.2 Å². The lowest BCUT2D eigenvalue weighted by molar-refractivity contribution is 0.0287. The summed E-state index contributed by atoms with van der Waals surface area (Å²) in [5.74, 6) is 1.72. The Morgan fingerprint density at radius 1 is 1.00 bits per heavy atom. The van der Waals surface area contributed by atoms with Crippen LogP contribution in [0.3, 0.4) is 0 Å². The van der Waals surface area contributed by atoms with E-state index in [9.17, 15) is 0 Å². The maximum Gasteiger partial charge on any atom is 0.0818 e. The number of hydrogen-bond donors (Lipinski definition) is 0. The van der Waals surface area contributed by atoms with Crippen LogP contribution in [0.1, 0.15) is 44.9 Å². The summed E-state index contributed by atoms with van der Waals surface area (Å²) in [6.07, 6.45) is 10.5. The van der Waals surface area contributed by atoms with Gasteiger partial charge in [-0.15, -0.1) is 0 Å². The smallest absolute Gasteiger partial charge is 0.0818 e. The maximum atomic E-state index is 6.18. The molecule has 3 rings (SSSR count). The van der Waals surface area contributed by atoms with Gasteiger partial charge in [0, 0.05) is 0 Å². The molecule has 0 radical (unpaired) electrons. The Morgan fingerprint density at radius 2 is 1.79 bits per heavy atom. The van der Waals surface area contributed by atoms with Crippen LogP contribution < -0.4 is 0 Å². The van der Waals surface area contributed by atoms with Gasteiger partial charge in [-0.05, 0) is 49.5 Å². The molecule has 1 nitrogen and oxygen atoms in total. The largest absolute Gasteiger partial charge is 0.370 e. The minimum absolute atomic E-state index is 0.442. The molecule has 3 fully saturated rings. The molecule has 1 saturated heterocycles. The third-order valence-electron chi connectivity index (χ3n) is 4.45. The van der Waals surface area contributed by atoms with Gasteiger partial charge in [0.15, 0.2) is 0 Å². The zero-order chi connectivity index (χ0) is 9.54. The molecule has 1 aliphatic heterocycles. The summed E-state index contributed by atoms with van der Waals surface area (Å²) in [5, 5.41) is 0. The molecule has 1 heteroatoms. The molecule has 2 aliphatic carbocycles. The van der Waals surface area contributed by atoms with Crippen LogP contribution in [-0.4, -0.2) is 12.2 Å². The zero-order valence-electron chi connectivity index (χ0n) is 8.87. The summed E-state index contributed by atoms with van der Waals surface area (Å²) in [6, 6.07) is 0. The molecule has 1 heterocycles. The highest BCUT2D eigenvalue weighted by molar-refractivity contribution is 5.13. The zero-order valence-corrected chi connectivity index (χ0v) is 8.87. The van der Waals surface area contributed by atoms with E-state index in [1.165, 1.54) is 50.5 Å². The van der Waals surface area contributed by atoms with Crippen LogP contribution in [-0.2, 0) is 4.74 Å². The molecule has 0 N–H and O–H groups in total. The van der Waals surface area contributed by atoms with E-state index < -0.39 is 0 Å². The van der Waals surface area contributed by atoms with Gasteiger partial charge in [0.2, 0.25) is 0 Å². The van der Waals surface area contributed by atoms with Crippen LogP contribution >= 0.6 is 0 Å². The lowest BCUT2D eigenvalue weighted by atomic mass is 9.72. The van der Waals surface area contributed by atoms with Crippen molar-refractivity contribution < 1.29 is 4.74 Å². The molecule has 78 valence electrons. The van der Waals surface area contributed by atoms with Gasteiger partial charge in [0.25, 0.3) is 0 Å². The van der Waals surface area contributed by atoms with Crippen molar-refractivity contribution >= 4 is 0 Å². The third-order valence-corrected chi connectivity index (χ3v) is 4.45. The van der Waals surface area contributed by atoms with Crippen molar-refractivity contribution in [3.63, 3.8) is 0 Å². The standard InChI is InChI=1S/C13H20O/c1-9-5-4-7-11-10-6-2-3-8-12(10)14-13(9)11/h10-13H,1-8H2. The Hall–Kier alpha value is -0.300. The van der Waals surface area contributed by atoms with Gasteiger partial charge < -0.3 is 4.74 Å². The molecule has 0 aromatic heterocycles. The van der Waals surface area contributed by atoms with Crippen molar-refractivity contribution in [3.05, 3.63) is 12.2 Å². The summed E-state index contributed by atoms with van der Waals surface area (Å²) in [7, 11) is 0. The minimum atomic E-state index is 0.442. The van der Waals surface area contributed by atoms with Crippen LogP contribution in [0.5, 0.6) is 0 Å². The number of fused-ring (bicyclic) bond motifs is 3. The number of ether oxygens (including phenoxy) is 1. The highest BCUT2D eigenvalue weighted by Gasteiger charge is 2.46. The van der Waals surface area contributed by atoms with Crippen LogP contribution in [0, 0.1) is 11.8 Å². The first-order valence-electron chi connectivity index (χ1n) is 6.19. The van der Waals surface area contributed by atoms with E-state index in [0.29, 0.717) is 12.2 Å². The van der Waals surface area contributed by atoms with Crippen LogP contribution in [0.2, 0.25) is 0 Å². The maximum absolute atomic E-state index is 6.18. The van der Waals surface area contributed by atoms with Crippen LogP contribution in [0.25, 0.3) is 0 Å². The Balaban J connectivity index is 1.82. The normalized spacial score (nSPS) is 47.3. The fraction of sp³-hybridized carbons (Fsp3) is 0.846. The van der Waals surface area contributed by atoms with Crippen molar-refractivity contribution in [2.75, 3.05) is 0 Å². The summed E-state index contributed by atoms with van der Waals surface area (Å²) < 4.78 is 6.18. The van der Waals surface area contributed by atoms with Gasteiger partial charge in [-0.3, -0.25) is 0 Å². The first-order valence-corrected chi connectivity index (χ1v) is 6.19. The summed E-state index contributed by atoms with van der Waals surface area (Å²) in [5.41, 5.74) is 1.38. The van der Waals surface area contributed by atoms with E-state index in [-0.39, 0.29) is 0 Å². The topological polar surface area (TPSA) is 9.23 Å². The molecule has 0 amide bonds. The highest BCUT2D eigenvalue weighted by atomic mass is 16.5. The highest BCUT2D eigenvalue weighted by Crippen LogP contribution is 2.48. The van der Waals surface area contributed by atoms with E-state index in [0.717, 1.165) is 11.8 Å². The predicted molar refractivity (Wildman–Crippen MR) is 57.1 cm³/mol. The predicted octanol–water partition coefficient (Wildman–Crippen LogP) is 3.30. The minimum Gasteiger partial charge on any atom is -0.370 e. The molecule has 0 aromatic carbocycles. The van der Waals surface area contributed by atoms with Gasteiger partial charge >= 0.3 is 0 Å². The first kappa shape index (κ1) is 8.96. The molecule has 4 atom stereocenters. The van der Waals surface area contributed by atoms with Gasteiger partial charge in [0.1, 0.15) is 0 Å². The number of rotatable bonds is 0. The summed E-state index contributed by atoms with van der Waals surface area (Å²) in [6.45, 7) is 4.19. The average molecular weight is 192 g/mol. The molecule has 0 spiro atoms. The van der Waals surface area contributed by atoms with E-state index in [1.54, 1.807) is 0 Å². The SMILES string of the molecule is C=C1CCCC2C1OC1CCCCC12. The molecular weight excluding hydrogens is 172 g/mol. The molecule has 14 heavy (non-hydrogen) atoms. The van der Waals surface area contributed by atoms with Crippen molar-refractivity contribution in [2.24, 2.45) is 11.8 Å². The Bertz CT molecular complexity index is 246. The molecule has 4 unspecified atom stereocenters. The van der Waals surface area contributed by atoms with E-state index >= 15 is 0 Å². The fourth-order valence-electron chi connectivity index (χ4n) is 3.77. The Kier molecular flexibility index (Phi) is 2.16. The second-order valence-electron chi connectivity index (χ2n) is 5.26. The molecular formula is C13H20O. The second kappa shape index (κ2) is 3.37. The first-order chi connectivity index (χ1) is 6.86. The van der Waals surface area contributed by atoms with Gasteiger partial charge in [0.05, 0.1) is 12.2 Å². The molecule has 2 saturated carbocycles. The lowest BCUT2D eigenvalue weighted by Crippen LogP contribution is -2.27. The van der Waals surface area contributed by atoms with Crippen LogP contribution in [0.15, 0.2) is 12.2 Å². The van der Waals surface area contributed by atoms with Gasteiger partial charge in [-0.25, -0.2) is 0 Å². The van der Waals surface area contributed by atoms with E-state index in [4.69, 9.17) is 4.74 Å². The second-order valence-corrected chi connectivity index (χ2v) is 5.26. The van der Waals surface area contributed by atoms with Crippen molar-refractivity contribution in [1.29, 1.82) is 0 Å².